The monoisotopic (exact) mass is 370 g/mol. The minimum atomic E-state index is -0.369. The highest BCUT2D eigenvalue weighted by atomic mass is 16.2. The summed E-state index contributed by atoms with van der Waals surface area (Å²) in [6.07, 6.45) is 6.82. The fourth-order valence-electron chi connectivity index (χ4n) is 3.60. The second-order valence-electron chi connectivity index (χ2n) is 7.63. The van der Waals surface area contributed by atoms with Crippen LogP contribution in [-0.2, 0) is 29.2 Å². The number of carbonyl (C=O) groups excluding carboxylic acids is 2. The van der Waals surface area contributed by atoms with Crippen LogP contribution in [0.3, 0.4) is 0 Å². The van der Waals surface area contributed by atoms with Crippen molar-refractivity contribution in [1.82, 2.24) is 29.8 Å². The zero-order valence-electron chi connectivity index (χ0n) is 15.9. The molecule has 4 rings (SSSR count). The number of nitrogens with zero attached hydrogens (tertiary/aromatic N) is 5. The van der Waals surface area contributed by atoms with Gasteiger partial charge in [-0.25, -0.2) is 0 Å². The van der Waals surface area contributed by atoms with Crippen LogP contribution in [0.15, 0.2) is 18.5 Å². The van der Waals surface area contributed by atoms with Crippen LogP contribution in [0.4, 0.5) is 0 Å². The highest BCUT2D eigenvalue weighted by Crippen LogP contribution is 2.29. The van der Waals surface area contributed by atoms with Crippen LogP contribution in [0.25, 0.3) is 0 Å². The van der Waals surface area contributed by atoms with E-state index in [1.54, 1.807) is 10.9 Å². The SMILES string of the molecule is Cc1cnn(C(C)C(=O)NCc2cc3n(n2)CCN(C(=O)C2CCC2)C3)c1. The molecule has 8 nitrogen and oxygen atoms in total. The molecule has 2 aromatic heterocycles. The first-order valence-corrected chi connectivity index (χ1v) is 9.64. The maximum atomic E-state index is 12.5. The van der Waals surface area contributed by atoms with E-state index in [-0.39, 0.29) is 23.8 Å². The van der Waals surface area contributed by atoms with E-state index in [0.29, 0.717) is 26.2 Å². The molecule has 2 amide bonds. The lowest BCUT2D eigenvalue weighted by atomic mass is 9.84. The lowest BCUT2D eigenvalue weighted by Gasteiger charge is -2.34. The Balaban J connectivity index is 1.34. The Morgan fingerprint density at radius 2 is 2.15 bits per heavy atom. The quantitative estimate of drug-likeness (QED) is 0.862. The summed E-state index contributed by atoms with van der Waals surface area (Å²) in [7, 11) is 0. The van der Waals surface area contributed by atoms with Gasteiger partial charge in [0.25, 0.3) is 0 Å². The van der Waals surface area contributed by atoms with Gasteiger partial charge in [0, 0.05) is 18.7 Å². The second-order valence-corrected chi connectivity index (χ2v) is 7.63. The highest BCUT2D eigenvalue weighted by molar-refractivity contribution is 5.80. The summed E-state index contributed by atoms with van der Waals surface area (Å²) >= 11 is 0. The van der Waals surface area contributed by atoms with E-state index < -0.39 is 0 Å². The third kappa shape index (κ3) is 3.61. The van der Waals surface area contributed by atoms with Gasteiger partial charge >= 0.3 is 0 Å². The Bertz CT molecular complexity index is 850. The van der Waals surface area contributed by atoms with Gasteiger partial charge in [0.15, 0.2) is 0 Å². The molecule has 2 aliphatic rings. The highest BCUT2D eigenvalue weighted by Gasteiger charge is 2.31. The van der Waals surface area contributed by atoms with E-state index in [1.807, 2.05) is 35.7 Å². The molecule has 1 N–H and O–H groups in total. The minimum absolute atomic E-state index is 0.0918. The molecule has 144 valence electrons. The summed E-state index contributed by atoms with van der Waals surface area (Å²) < 4.78 is 3.61. The standard InChI is InChI=1S/C19H26N6O2/c1-13-9-21-25(11-13)14(2)18(26)20-10-16-8-17-12-23(6-7-24(17)22-16)19(27)15-4-3-5-15/h8-9,11,14-15H,3-7,10,12H2,1-2H3,(H,20,26). The van der Waals surface area contributed by atoms with Crippen LogP contribution in [0.1, 0.15) is 49.2 Å². The lowest BCUT2D eigenvalue weighted by molar-refractivity contribution is -0.139. The summed E-state index contributed by atoms with van der Waals surface area (Å²) in [6.45, 7) is 6.18. The van der Waals surface area contributed by atoms with Crippen molar-refractivity contribution in [3.63, 3.8) is 0 Å². The molecule has 1 aliphatic heterocycles. The van der Waals surface area contributed by atoms with Gasteiger partial charge in [0.2, 0.25) is 11.8 Å². The fourth-order valence-corrected chi connectivity index (χ4v) is 3.60. The Kier molecular flexibility index (Phi) is 4.72. The topological polar surface area (TPSA) is 85.1 Å². The van der Waals surface area contributed by atoms with E-state index in [0.717, 1.165) is 29.8 Å². The number of carbonyl (C=O) groups is 2. The fraction of sp³-hybridized carbons (Fsp3) is 0.579. The van der Waals surface area contributed by atoms with Crippen molar-refractivity contribution in [2.75, 3.05) is 6.54 Å². The van der Waals surface area contributed by atoms with Gasteiger partial charge in [-0.1, -0.05) is 6.42 Å². The summed E-state index contributed by atoms with van der Waals surface area (Å²) in [4.78, 5) is 26.8. The zero-order chi connectivity index (χ0) is 19.0. The summed E-state index contributed by atoms with van der Waals surface area (Å²) in [6, 6.07) is 1.62. The van der Waals surface area contributed by atoms with Crippen LogP contribution in [0.2, 0.25) is 0 Å². The van der Waals surface area contributed by atoms with E-state index in [9.17, 15) is 9.59 Å². The first kappa shape index (κ1) is 17.8. The van der Waals surface area contributed by atoms with Gasteiger partial charge in [-0.05, 0) is 38.3 Å². The van der Waals surface area contributed by atoms with E-state index in [1.165, 1.54) is 6.42 Å². The molecule has 0 bridgehead atoms. The number of hydrogen-bond acceptors (Lipinski definition) is 4. The molecular weight excluding hydrogens is 344 g/mol. The molecule has 8 heteroatoms. The van der Waals surface area contributed by atoms with Crippen molar-refractivity contribution in [2.45, 2.75) is 58.8 Å². The van der Waals surface area contributed by atoms with Gasteiger partial charge in [-0.3, -0.25) is 19.0 Å². The normalized spacial score (nSPS) is 17.9. The first-order chi connectivity index (χ1) is 13.0. The molecule has 2 aromatic rings. The van der Waals surface area contributed by atoms with E-state index in [4.69, 9.17) is 0 Å². The van der Waals surface area contributed by atoms with Gasteiger partial charge < -0.3 is 10.2 Å². The zero-order valence-corrected chi connectivity index (χ0v) is 15.9. The van der Waals surface area contributed by atoms with Crippen molar-refractivity contribution < 1.29 is 9.59 Å². The maximum Gasteiger partial charge on any atom is 0.244 e. The Morgan fingerprint density at radius 3 is 2.81 bits per heavy atom. The third-order valence-electron chi connectivity index (χ3n) is 5.57. The molecule has 3 heterocycles. The molecule has 0 aromatic carbocycles. The number of aromatic nitrogens is 4. The molecule has 0 radical (unpaired) electrons. The molecule has 1 atom stereocenters. The van der Waals surface area contributed by atoms with Crippen molar-refractivity contribution in [3.8, 4) is 0 Å². The summed E-state index contributed by atoms with van der Waals surface area (Å²) in [5, 5.41) is 11.7. The minimum Gasteiger partial charge on any atom is -0.349 e. The van der Waals surface area contributed by atoms with Crippen LogP contribution in [0.5, 0.6) is 0 Å². The Hall–Kier alpha value is -2.64. The number of amides is 2. The lowest BCUT2D eigenvalue weighted by Crippen LogP contribution is -2.43. The number of aryl methyl sites for hydroxylation is 1. The number of fused-ring (bicyclic) bond motifs is 1. The van der Waals surface area contributed by atoms with E-state index >= 15 is 0 Å². The molecule has 0 saturated heterocycles. The predicted molar refractivity (Wildman–Crippen MR) is 98.5 cm³/mol. The van der Waals surface area contributed by atoms with Crippen molar-refractivity contribution in [1.29, 1.82) is 0 Å². The van der Waals surface area contributed by atoms with Crippen LogP contribution in [0, 0.1) is 12.8 Å². The Labute approximate surface area is 158 Å². The number of hydrogen-bond donors (Lipinski definition) is 1. The molecule has 1 fully saturated rings. The molecule has 1 aliphatic carbocycles. The van der Waals surface area contributed by atoms with Crippen molar-refractivity contribution in [2.24, 2.45) is 5.92 Å². The summed E-state index contributed by atoms with van der Waals surface area (Å²) in [5.41, 5.74) is 2.88. The largest absolute Gasteiger partial charge is 0.349 e. The average Bonchev–Trinajstić information content (AvgIpc) is 3.22. The molecule has 1 saturated carbocycles. The Morgan fingerprint density at radius 1 is 1.33 bits per heavy atom. The molecule has 1 unspecified atom stereocenters. The maximum absolute atomic E-state index is 12.5. The average molecular weight is 370 g/mol. The molecular formula is C19H26N6O2. The number of nitrogens with one attached hydrogen (secondary N) is 1. The van der Waals surface area contributed by atoms with Crippen LogP contribution < -0.4 is 5.32 Å². The van der Waals surface area contributed by atoms with Crippen molar-refractivity contribution in [3.05, 3.63) is 35.4 Å². The first-order valence-electron chi connectivity index (χ1n) is 9.64. The van der Waals surface area contributed by atoms with Crippen LogP contribution in [-0.4, -0.2) is 42.8 Å². The molecule has 27 heavy (non-hydrogen) atoms. The summed E-state index contributed by atoms with van der Waals surface area (Å²) in [5.74, 6) is 0.420. The van der Waals surface area contributed by atoms with Crippen LogP contribution >= 0.6 is 0 Å². The smallest absolute Gasteiger partial charge is 0.244 e. The van der Waals surface area contributed by atoms with E-state index in [2.05, 4.69) is 15.5 Å². The van der Waals surface area contributed by atoms with Gasteiger partial charge in [0.05, 0.1) is 37.2 Å². The molecule has 0 spiro atoms. The van der Waals surface area contributed by atoms with Crippen molar-refractivity contribution >= 4 is 11.8 Å². The third-order valence-corrected chi connectivity index (χ3v) is 5.57. The van der Waals surface area contributed by atoms with Gasteiger partial charge in [0.1, 0.15) is 6.04 Å². The van der Waals surface area contributed by atoms with Gasteiger partial charge in [-0.2, -0.15) is 10.2 Å². The second kappa shape index (κ2) is 7.17. The number of rotatable bonds is 5. The van der Waals surface area contributed by atoms with Gasteiger partial charge in [-0.15, -0.1) is 0 Å². The predicted octanol–water partition coefficient (Wildman–Crippen LogP) is 1.41.